The van der Waals surface area contributed by atoms with E-state index < -0.39 is 5.56 Å². The quantitative estimate of drug-likeness (QED) is 0.937. The van der Waals surface area contributed by atoms with Crippen molar-refractivity contribution in [2.45, 2.75) is 19.9 Å². The number of carbonyl (C=O) groups excluding carboxylic acids is 1. The maximum absolute atomic E-state index is 12.1. The molecular formula is C15H14Cl2N2O2. The SMILES string of the molecule is CCc1ccccc1NC(=O)Cn1cc(Cl)cc(Cl)c1=O. The van der Waals surface area contributed by atoms with Gasteiger partial charge >= 0.3 is 0 Å². The van der Waals surface area contributed by atoms with Crippen molar-refractivity contribution in [3.05, 3.63) is 62.5 Å². The second-order valence-electron chi connectivity index (χ2n) is 4.50. The standard InChI is InChI=1S/C15H14Cl2N2O2/c1-2-10-5-3-4-6-13(10)18-14(20)9-19-8-11(16)7-12(17)15(19)21/h3-8H,2,9H2,1H3,(H,18,20). The highest BCUT2D eigenvalue weighted by Crippen LogP contribution is 2.16. The Labute approximate surface area is 132 Å². The molecule has 0 bridgehead atoms. The molecule has 21 heavy (non-hydrogen) atoms. The molecule has 4 nitrogen and oxygen atoms in total. The highest BCUT2D eigenvalue weighted by Gasteiger charge is 2.10. The fourth-order valence-corrected chi connectivity index (χ4v) is 2.49. The molecule has 0 aliphatic rings. The van der Waals surface area contributed by atoms with Crippen molar-refractivity contribution in [2.75, 3.05) is 5.32 Å². The normalized spacial score (nSPS) is 10.4. The number of pyridine rings is 1. The predicted octanol–water partition coefficient (Wildman–Crippen LogP) is 3.36. The molecule has 2 aromatic rings. The van der Waals surface area contributed by atoms with Gasteiger partial charge in [0.2, 0.25) is 5.91 Å². The lowest BCUT2D eigenvalue weighted by Gasteiger charge is -2.11. The van der Waals surface area contributed by atoms with Gasteiger partial charge in [0, 0.05) is 11.9 Å². The lowest BCUT2D eigenvalue weighted by atomic mass is 10.1. The number of halogens is 2. The van der Waals surface area contributed by atoms with E-state index in [1.165, 1.54) is 16.8 Å². The van der Waals surface area contributed by atoms with Gasteiger partial charge in [-0.3, -0.25) is 9.59 Å². The van der Waals surface area contributed by atoms with Crippen LogP contribution in [0.15, 0.2) is 41.3 Å². The average Bonchev–Trinajstić information content (AvgIpc) is 2.44. The van der Waals surface area contributed by atoms with Crippen molar-refractivity contribution in [3.63, 3.8) is 0 Å². The summed E-state index contributed by atoms with van der Waals surface area (Å²) >= 11 is 11.6. The number of hydrogen-bond donors (Lipinski definition) is 1. The van der Waals surface area contributed by atoms with E-state index in [0.29, 0.717) is 5.02 Å². The maximum atomic E-state index is 12.1. The number of para-hydroxylation sites is 1. The average molecular weight is 325 g/mol. The molecule has 1 aromatic carbocycles. The zero-order valence-corrected chi connectivity index (χ0v) is 12.9. The van der Waals surface area contributed by atoms with Crippen LogP contribution in [0.3, 0.4) is 0 Å². The molecule has 0 aliphatic carbocycles. The smallest absolute Gasteiger partial charge is 0.269 e. The molecular weight excluding hydrogens is 311 g/mol. The van der Waals surface area contributed by atoms with Crippen LogP contribution in [0, 0.1) is 0 Å². The van der Waals surface area contributed by atoms with E-state index in [1.54, 1.807) is 0 Å². The van der Waals surface area contributed by atoms with Crippen LogP contribution in [0.4, 0.5) is 5.69 Å². The molecule has 1 aromatic heterocycles. The van der Waals surface area contributed by atoms with Gasteiger partial charge in [-0.15, -0.1) is 0 Å². The van der Waals surface area contributed by atoms with Gasteiger partial charge in [-0.05, 0) is 24.1 Å². The van der Waals surface area contributed by atoms with E-state index in [9.17, 15) is 9.59 Å². The van der Waals surface area contributed by atoms with E-state index in [4.69, 9.17) is 23.2 Å². The summed E-state index contributed by atoms with van der Waals surface area (Å²) in [6.07, 6.45) is 2.19. The Morgan fingerprint density at radius 3 is 2.71 bits per heavy atom. The summed E-state index contributed by atoms with van der Waals surface area (Å²) in [6, 6.07) is 8.88. The number of carbonyl (C=O) groups is 1. The van der Waals surface area contributed by atoms with Crippen molar-refractivity contribution in [1.29, 1.82) is 0 Å². The highest BCUT2D eigenvalue weighted by atomic mass is 35.5. The molecule has 0 unspecified atom stereocenters. The lowest BCUT2D eigenvalue weighted by molar-refractivity contribution is -0.116. The van der Waals surface area contributed by atoms with Crippen molar-refractivity contribution >= 4 is 34.8 Å². The van der Waals surface area contributed by atoms with Gasteiger partial charge in [0.25, 0.3) is 5.56 Å². The highest BCUT2D eigenvalue weighted by molar-refractivity contribution is 6.34. The Morgan fingerprint density at radius 2 is 2.00 bits per heavy atom. The number of rotatable bonds is 4. The van der Waals surface area contributed by atoms with Crippen molar-refractivity contribution in [1.82, 2.24) is 4.57 Å². The molecule has 1 N–H and O–H groups in total. The van der Waals surface area contributed by atoms with Crippen LogP contribution in [0.1, 0.15) is 12.5 Å². The molecule has 0 spiro atoms. The van der Waals surface area contributed by atoms with Crippen LogP contribution in [0.25, 0.3) is 0 Å². The first-order valence-electron chi connectivity index (χ1n) is 6.44. The number of nitrogens with zero attached hydrogens (tertiary/aromatic N) is 1. The number of nitrogens with one attached hydrogen (secondary N) is 1. The minimum absolute atomic E-state index is 0.00995. The van der Waals surface area contributed by atoms with Crippen LogP contribution < -0.4 is 10.9 Å². The monoisotopic (exact) mass is 324 g/mol. The van der Waals surface area contributed by atoms with Crippen molar-refractivity contribution in [2.24, 2.45) is 0 Å². The molecule has 1 heterocycles. The number of hydrogen-bond acceptors (Lipinski definition) is 2. The molecule has 6 heteroatoms. The van der Waals surface area contributed by atoms with Crippen LogP contribution in [-0.4, -0.2) is 10.5 Å². The molecule has 0 aliphatic heterocycles. The molecule has 1 amide bonds. The number of aryl methyl sites for hydroxylation is 1. The van der Waals surface area contributed by atoms with Crippen LogP contribution in [0.5, 0.6) is 0 Å². The van der Waals surface area contributed by atoms with Crippen LogP contribution in [0.2, 0.25) is 10.0 Å². The summed E-state index contributed by atoms with van der Waals surface area (Å²) in [5, 5.41) is 3.09. The Morgan fingerprint density at radius 1 is 1.29 bits per heavy atom. The minimum Gasteiger partial charge on any atom is -0.324 e. The van der Waals surface area contributed by atoms with Gasteiger partial charge in [0.1, 0.15) is 11.6 Å². The van der Waals surface area contributed by atoms with Gasteiger partial charge in [0.05, 0.1) is 5.02 Å². The summed E-state index contributed by atoms with van der Waals surface area (Å²) in [7, 11) is 0. The molecule has 0 saturated carbocycles. The number of benzene rings is 1. The van der Waals surface area contributed by atoms with Gasteiger partial charge in [-0.1, -0.05) is 48.3 Å². The zero-order valence-electron chi connectivity index (χ0n) is 11.4. The fraction of sp³-hybridized carbons (Fsp3) is 0.200. The van der Waals surface area contributed by atoms with Gasteiger partial charge < -0.3 is 9.88 Å². The third-order valence-corrected chi connectivity index (χ3v) is 3.47. The molecule has 110 valence electrons. The molecule has 0 fully saturated rings. The largest absolute Gasteiger partial charge is 0.324 e. The summed E-state index contributed by atoms with van der Waals surface area (Å²) in [5.41, 5.74) is 1.33. The lowest BCUT2D eigenvalue weighted by Crippen LogP contribution is -2.27. The van der Waals surface area contributed by atoms with E-state index in [0.717, 1.165) is 17.7 Å². The second-order valence-corrected chi connectivity index (χ2v) is 5.34. The van der Waals surface area contributed by atoms with Gasteiger partial charge in [-0.25, -0.2) is 0 Å². The Kier molecular flexibility index (Phi) is 5.04. The second kappa shape index (κ2) is 6.78. The van der Waals surface area contributed by atoms with Gasteiger partial charge in [0.15, 0.2) is 0 Å². The zero-order chi connectivity index (χ0) is 15.4. The molecule has 0 radical (unpaired) electrons. The van der Waals surface area contributed by atoms with E-state index in [1.807, 2.05) is 31.2 Å². The first-order valence-corrected chi connectivity index (χ1v) is 7.20. The van der Waals surface area contributed by atoms with Crippen LogP contribution in [-0.2, 0) is 17.8 Å². The van der Waals surface area contributed by atoms with Crippen molar-refractivity contribution < 1.29 is 4.79 Å². The van der Waals surface area contributed by atoms with E-state index in [-0.39, 0.29) is 17.5 Å². The van der Waals surface area contributed by atoms with Crippen LogP contribution >= 0.6 is 23.2 Å². The summed E-state index contributed by atoms with van der Waals surface area (Å²) < 4.78 is 1.19. The third-order valence-electron chi connectivity index (χ3n) is 3.00. The van der Waals surface area contributed by atoms with E-state index in [2.05, 4.69) is 5.32 Å². The Bertz CT molecular complexity index is 726. The third kappa shape index (κ3) is 3.86. The summed E-state index contributed by atoms with van der Waals surface area (Å²) in [6.45, 7) is 1.86. The number of anilines is 1. The van der Waals surface area contributed by atoms with E-state index >= 15 is 0 Å². The van der Waals surface area contributed by atoms with Crippen molar-refractivity contribution in [3.8, 4) is 0 Å². The molecule has 2 rings (SSSR count). The Hall–Kier alpha value is -1.78. The summed E-state index contributed by atoms with van der Waals surface area (Å²) in [4.78, 5) is 23.9. The first kappa shape index (κ1) is 15.6. The Balaban J connectivity index is 2.18. The number of amides is 1. The number of aromatic nitrogens is 1. The molecule has 0 atom stereocenters. The maximum Gasteiger partial charge on any atom is 0.269 e. The van der Waals surface area contributed by atoms with Gasteiger partial charge in [-0.2, -0.15) is 0 Å². The fourth-order valence-electron chi connectivity index (χ4n) is 1.98. The minimum atomic E-state index is -0.444. The summed E-state index contributed by atoms with van der Waals surface area (Å²) in [5.74, 6) is -0.309. The predicted molar refractivity (Wildman–Crippen MR) is 85.2 cm³/mol. The molecule has 0 saturated heterocycles. The first-order chi connectivity index (χ1) is 10.0. The topological polar surface area (TPSA) is 51.1 Å².